The standard InChI is InChI=1S/C17H26N2/c1-12(2)16-7-8-17(14(5)11-16)19-10-9-18(13(3)4)15(19)6/h7-13,15H,1-6H3/t15-/m1/s1. The third-order valence-electron chi connectivity index (χ3n) is 4.00. The summed E-state index contributed by atoms with van der Waals surface area (Å²) in [5, 5.41) is 0. The molecular weight excluding hydrogens is 232 g/mol. The normalized spacial score (nSPS) is 19.1. The number of nitrogens with zero attached hydrogens (tertiary/aromatic N) is 2. The molecule has 0 amide bonds. The average Bonchev–Trinajstić information content (AvgIpc) is 2.71. The van der Waals surface area contributed by atoms with Crippen LogP contribution in [0.25, 0.3) is 0 Å². The fraction of sp³-hybridized carbons (Fsp3) is 0.529. The first kappa shape index (κ1) is 14.0. The van der Waals surface area contributed by atoms with Crippen LogP contribution in [0.1, 0.15) is 51.7 Å². The van der Waals surface area contributed by atoms with Gasteiger partial charge in [-0.2, -0.15) is 0 Å². The molecule has 0 fully saturated rings. The first-order chi connectivity index (χ1) is 8.91. The Hall–Kier alpha value is -1.44. The Morgan fingerprint density at radius 3 is 2.21 bits per heavy atom. The monoisotopic (exact) mass is 258 g/mol. The molecule has 2 rings (SSSR count). The van der Waals surface area contributed by atoms with Gasteiger partial charge in [-0.25, -0.2) is 0 Å². The molecule has 0 N–H and O–H groups in total. The number of rotatable bonds is 3. The Bertz CT molecular complexity index is 474. The van der Waals surface area contributed by atoms with Crippen molar-refractivity contribution in [1.82, 2.24) is 4.90 Å². The predicted molar refractivity (Wildman–Crippen MR) is 83.3 cm³/mol. The molecule has 1 aromatic rings. The lowest BCUT2D eigenvalue weighted by Gasteiger charge is -2.33. The molecule has 1 aromatic carbocycles. The van der Waals surface area contributed by atoms with Gasteiger partial charge in [0.1, 0.15) is 6.17 Å². The minimum Gasteiger partial charge on any atom is -0.353 e. The van der Waals surface area contributed by atoms with Crippen molar-refractivity contribution >= 4 is 5.69 Å². The molecule has 1 aliphatic rings. The van der Waals surface area contributed by atoms with Gasteiger partial charge in [0.25, 0.3) is 0 Å². The first-order valence-electron chi connectivity index (χ1n) is 7.26. The molecular formula is C17H26N2. The lowest BCUT2D eigenvalue weighted by molar-refractivity contribution is 0.263. The third kappa shape index (κ3) is 2.63. The summed E-state index contributed by atoms with van der Waals surface area (Å²) < 4.78 is 0. The minimum atomic E-state index is 0.392. The summed E-state index contributed by atoms with van der Waals surface area (Å²) in [6.45, 7) is 13.4. The Labute approximate surface area is 117 Å². The van der Waals surface area contributed by atoms with E-state index in [2.05, 4.69) is 81.9 Å². The van der Waals surface area contributed by atoms with Crippen LogP contribution in [0.3, 0.4) is 0 Å². The molecule has 104 valence electrons. The van der Waals surface area contributed by atoms with Crippen LogP contribution in [0.2, 0.25) is 0 Å². The van der Waals surface area contributed by atoms with E-state index in [1.165, 1.54) is 16.8 Å². The van der Waals surface area contributed by atoms with Crippen molar-refractivity contribution < 1.29 is 0 Å². The molecule has 0 aliphatic carbocycles. The van der Waals surface area contributed by atoms with E-state index in [0.717, 1.165) is 0 Å². The summed E-state index contributed by atoms with van der Waals surface area (Å²) in [5.74, 6) is 0.589. The molecule has 2 heteroatoms. The number of hydrogen-bond donors (Lipinski definition) is 0. The van der Waals surface area contributed by atoms with Gasteiger partial charge in [-0.15, -0.1) is 0 Å². The molecule has 0 unspecified atom stereocenters. The van der Waals surface area contributed by atoms with Crippen molar-refractivity contribution in [2.45, 2.75) is 59.7 Å². The quantitative estimate of drug-likeness (QED) is 0.789. The summed E-state index contributed by atoms with van der Waals surface area (Å²) in [6, 6.07) is 7.37. The molecule has 0 bridgehead atoms. The minimum absolute atomic E-state index is 0.392. The van der Waals surface area contributed by atoms with E-state index < -0.39 is 0 Å². The van der Waals surface area contributed by atoms with E-state index in [-0.39, 0.29) is 0 Å². The van der Waals surface area contributed by atoms with Gasteiger partial charge in [-0.3, -0.25) is 0 Å². The van der Waals surface area contributed by atoms with Crippen LogP contribution in [0, 0.1) is 6.92 Å². The molecule has 1 aliphatic heterocycles. The van der Waals surface area contributed by atoms with Crippen molar-refractivity contribution in [3.63, 3.8) is 0 Å². The van der Waals surface area contributed by atoms with Crippen LogP contribution >= 0.6 is 0 Å². The highest BCUT2D eigenvalue weighted by molar-refractivity contribution is 5.58. The largest absolute Gasteiger partial charge is 0.353 e. The van der Waals surface area contributed by atoms with E-state index in [1.807, 2.05) is 0 Å². The molecule has 0 radical (unpaired) electrons. The summed E-state index contributed by atoms with van der Waals surface area (Å²) in [7, 11) is 0. The molecule has 1 atom stereocenters. The van der Waals surface area contributed by atoms with Crippen LogP contribution in [0.15, 0.2) is 30.6 Å². The third-order valence-corrected chi connectivity index (χ3v) is 4.00. The van der Waals surface area contributed by atoms with Crippen LogP contribution in [-0.4, -0.2) is 17.1 Å². The van der Waals surface area contributed by atoms with Crippen molar-refractivity contribution in [3.8, 4) is 0 Å². The Balaban J connectivity index is 2.27. The van der Waals surface area contributed by atoms with Crippen molar-refractivity contribution in [1.29, 1.82) is 0 Å². The van der Waals surface area contributed by atoms with Gasteiger partial charge < -0.3 is 9.80 Å². The second-order valence-electron chi connectivity index (χ2n) is 6.08. The zero-order valence-corrected chi connectivity index (χ0v) is 13.0. The van der Waals surface area contributed by atoms with Gasteiger partial charge in [0.15, 0.2) is 0 Å². The predicted octanol–water partition coefficient (Wildman–Crippen LogP) is 4.47. The molecule has 0 saturated carbocycles. The highest BCUT2D eigenvalue weighted by atomic mass is 15.4. The Morgan fingerprint density at radius 1 is 1.05 bits per heavy atom. The fourth-order valence-corrected chi connectivity index (χ4v) is 2.75. The molecule has 0 saturated heterocycles. The molecule has 0 spiro atoms. The van der Waals surface area contributed by atoms with Crippen LogP contribution in [-0.2, 0) is 0 Å². The topological polar surface area (TPSA) is 6.48 Å². The Morgan fingerprint density at radius 2 is 1.74 bits per heavy atom. The zero-order chi connectivity index (χ0) is 14.2. The number of hydrogen-bond acceptors (Lipinski definition) is 2. The van der Waals surface area contributed by atoms with E-state index in [4.69, 9.17) is 0 Å². The van der Waals surface area contributed by atoms with Crippen LogP contribution in [0.5, 0.6) is 0 Å². The lowest BCUT2D eigenvalue weighted by Crippen LogP contribution is -2.39. The fourth-order valence-electron chi connectivity index (χ4n) is 2.75. The van der Waals surface area contributed by atoms with E-state index in [9.17, 15) is 0 Å². The highest BCUT2D eigenvalue weighted by Gasteiger charge is 2.25. The van der Waals surface area contributed by atoms with Gasteiger partial charge in [-0.05, 0) is 50.8 Å². The van der Waals surface area contributed by atoms with Crippen molar-refractivity contribution in [3.05, 3.63) is 41.7 Å². The maximum Gasteiger partial charge on any atom is 0.103 e. The molecule has 2 nitrogen and oxygen atoms in total. The smallest absolute Gasteiger partial charge is 0.103 e. The SMILES string of the molecule is Cc1cc(C(C)C)ccc1N1C=CN(C(C)C)[C@H]1C. The summed E-state index contributed by atoms with van der Waals surface area (Å²) >= 11 is 0. The molecule has 19 heavy (non-hydrogen) atoms. The number of anilines is 1. The summed E-state index contributed by atoms with van der Waals surface area (Å²) in [6.07, 6.45) is 4.79. The summed E-state index contributed by atoms with van der Waals surface area (Å²) in [4.78, 5) is 4.75. The van der Waals surface area contributed by atoms with Gasteiger partial charge >= 0.3 is 0 Å². The number of benzene rings is 1. The summed E-state index contributed by atoms with van der Waals surface area (Å²) in [5.41, 5.74) is 4.09. The Kier molecular flexibility index (Phi) is 3.88. The van der Waals surface area contributed by atoms with Crippen molar-refractivity contribution in [2.24, 2.45) is 0 Å². The molecule has 1 heterocycles. The first-order valence-corrected chi connectivity index (χ1v) is 7.26. The van der Waals surface area contributed by atoms with Crippen molar-refractivity contribution in [2.75, 3.05) is 4.90 Å². The molecule has 0 aromatic heterocycles. The number of aryl methyl sites for hydroxylation is 1. The van der Waals surface area contributed by atoms with E-state index in [0.29, 0.717) is 18.1 Å². The highest BCUT2D eigenvalue weighted by Crippen LogP contribution is 2.30. The van der Waals surface area contributed by atoms with Gasteiger partial charge in [0.05, 0.1) is 0 Å². The maximum atomic E-state index is 2.38. The van der Waals surface area contributed by atoms with Gasteiger partial charge in [0.2, 0.25) is 0 Å². The van der Waals surface area contributed by atoms with Crippen LogP contribution < -0.4 is 4.90 Å². The second-order valence-corrected chi connectivity index (χ2v) is 6.08. The van der Waals surface area contributed by atoms with E-state index in [1.54, 1.807) is 0 Å². The second kappa shape index (κ2) is 5.28. The van der Waals surface area contributed by atoms with Gasteiger partial charge in [-0.1, -0.05) is 26.0 Å². The zero-order valence-electron chi connectivity index (χ0n) is 13.0. The van der Waals surface area contributed by atoms with Crippen LogP contribution in [0.4, 0.5) is 5.69 Å². The average molecular weight is 258 g/mol. The van der Waals surface area contributed by atoms with Gasteiger partial charge in [0, 0.05) is 24.1 Å². The van der Waals surface area contributed by atoms with E-state index >= 15 is 0 Å². The lowest BCUT2D eigenvalue weighted by atomic mass is 10.00. The maximum absolute atomic E-state index is 2.38.